The molecule has 154 valence electrons. The summed E-state index contributed by atoms with van der Waals surface area (Å²) in [6.45, 7) is 7.09. The molecule has 29 heavy (non-hydrogen) atoms. The fraction of sp³-hybridized carbons (Fsp3) is 0.318. The van der Waals surface area contributed by atoms with Crippen molar-refractivity contribution in [3.05, 3.63) is 56.9 Å². The lowest BCUT2D eigenvalue weighted by molar-refractivity contribution is -0.116. The molecule has 1 amide bonds. The highest BCUT2D eigenvalue weighted by molar-refractivity contribution is 9.10. The number of halogens is 1. The van der Waals surface area contributed by atoms with Gasteiger partial charge < -0.3 is 20.1 Å². The lowest BCUT2D eigenvalue weighted by Gasteiger charge is -2.13. The molecular weight excluding hydrogens is 452 g/mol. The van der Waals surface area contributed by atoms with Crippen molar-refractivity contribution >= 4 is 45.4 Å². The first-order chi connectivity index (χ1) is 14.0. The third kappa shape index (κ3) is 5.48. The number of nitrogens with one attached hydrogen (secondary N) is 2. The number of thioether (sulfide) groups is 1. The number of ether oxygens (including phenoxy) is 2. The maximum Gasteiger partial charge on any atom is 0.260 e. The van der Waals surface area contributed by atoms with Gasteiger partial charge in [-0.2, -0.15) is 0 Å². The van der Waals surface area contributed by atoms with E-state index in [1.807, 2.05) is 44.2 Å². The molecule has 5 nitrogen and oxygen atoms in total. The zero-order valence-electron chi connectivity index (χ0n) is 16.8. The van der Waals surface area contributed by atoms with E-state index in [1.54, 1.807) is 0 Å². The minimum absolute atomic E-state index is 0.106. The zero-order chi connectivity index (χ0) is 20.8. The van der Waals surface area contributed by atoms with E-state index >= 15 is 0 Å². The summed E-state index contributed by atoms with van der Waals surface area (Å²) < 4.78 is 12.2. The Bertz CT molecular complexity index is 900. The standard InChI is InChI=1S/C22H25BrN2O3S/c1-4-14-7-9-16(10-8-14)24-22-25-21(26)20(29-22)12-15-11-17(23)19(28-6-3)13-18(15)27-5-2/h7-13,22,24H,4-6H2,1-3H3,(H,25,26)/b20-12-/t22-/m0/s1. The van der Waals surface area contributed by atoms with Crippen molar-refractivity contribution in [3.63, 3.8) is 0 Å². The van der Waals surface area contributed by atoms with Gasteiger partial charge in [-0.05, 0) is 66.0 Å². The molecule has 0 radical (unpaired) electrons. The van der Waals surface area contributed by atoms with E-state index in [9.17, 15) is 4.79 Å². The van der Waals surface area contributed by atoms with Crippen LogP contribution < -0.4 is 20.1 Å². The average molecular weight is 477 g/mol. The maximum absolute atomic E-state index is 12.5. The van der Waals surface area contributed by atoms with E-state index in [0.29, 0.717) is 23.9 Å². The van der Waals surface area contributed by atoms with Crippen molar-refractivity contribution in [2.24, 2.45) is 0 Å². The van der Waals surface area contributed by atoms with Crippen LogP contribution in [-0.4, -0.2) is 24.6 Å². The van der Waals surface area contributed by atoms with Crippen molar-refractivity contribution < 1.29 is 14.3 Å². The molecule has 0 aliphatic carbocycles. The van der Waals surface area contributed by atoms with Crippen molar-refractivity contribution in [2.75, 3.05) is 18.5 Å². The molecule has 0 saturated carbocycles. The summed E-state index contributed by atoms with van der Waals surface area (Å²) in [5, 5.41) is 6.31. The Hall–Kier alpha value is -2.12. The number of hydrogen-bond acceptors (Lipinski definition) is 5. The Kier molecular flexibility index (Phi) is 7.50. The second kappa shape index (κ2) is 10.1. The van der Waals surface area contributed by atoms with E-state index in [0.717, 1.165) is 27.9 Å². The first kappa shape index (κ1) is 21.6. The Labute approximate surface area is 184 Å². The number of rotatable bonds is 8. The Balaban J connectivity index is 1.79. The SMILES string of the molecule is CCOc1cc(OCC)c(/C=C2\S[C@@H](Nc3ccc(CC)cc3)NC2=O)cc1Br. The fourth-order valence-electron chi connectivity index (χ4n) is 2.90. The van der Waals surface area contributed by atoms with E-state index in [-0.39, 0.29) is 11.4 Å². The summed E-state index contributed by atoms with van der Waals surface area (Å²) in [6, 6.07) is 12.0. The molecule has 3 rings (SSSR count). The van der Waals surface area contributed by atoms with Gasteiger partial charge in [0.2, 0.25) is 0 Å². The molecule has 1 fully saturated rings. The van der Waals surface area contributed by atoms with Crippen LogP contribution in [0.5, 0.6) is 11.5 Å². The summed E-state index contributed by atoms with van der Waals surface area (Å²) in [4.78, 5) is 13.1. The molecule has 7 heteroatoms. The normalized spacial score (nSPS) is 17.3. The van der Waals surface area contributed by atoms with Crippen molar-refractivity contribution in [1.29, 1.82) is 0 Å². The van der Waals surface area contributed by atoms with E-state index in [1.165, 1.54) is 17.3 Å². The predicted octanol–water partition coefficient (Wildman–Crippen LogP) is 5.41. The van der Waals surface area contributed by atoms with E-state index in [2.05, 4.69) is 45.6 Å². The number of hydrogen-bond donors (Lipinski definition) is 2. The largest absolute Gasteiger partial charge is 0.493 e. The molecule has 2 aromatic carbocycles. The molecule has 2 aromatic rings. The number of carbonyl (C=O) groups is 1. The Morgan fingerprint density at radius 3 is 2.45 bits per heavy atom. The third-order valence-electron chi connectivity index (χ3n) is 4.34. The third-order valence-corrected chi connectivity index (χ3v) is 5.99. The highest BCUT2D eigenvalue weighted by atomic mass is 79.9. The molecule has 1 saturated heterocycles. The van der Waals surface area contributed by atoms with Gasteiger partial charge in [-0.25, -0.2) is 0 Å². The van der Waals surface area contributed by atoms with Gasteiger partial charge in [0.15, 0.2) is 5.50 Å². The van der Waals surface area contributed by atoms with Crippen LogP contribution in [0, 0.1) is 0 Å². The quantitative estimate of drug-likeness (QED) is 0.498. The van der Waals surface area contributed by atoms with Crippen molar-refractivity contribution in [1.82, 2.24) is 5.32 Å². The molecule has 0 bridgehead atoms. The van der Waals surface area contributed by atoms with Crippen LogP contribution in [0.1, 0.15) is 31.9 Å². The number of carbonyl (C=O) groups excluding carboxylic acids is 1. The molecule has 1 atom stereocenters. The topological polar surface area (TPSA) is 59.6 Å². The van der Waals surface area contributed by atoms with Gasteiger partial charge in [0.1, 0.15) is 11.5 Å². The van der Waals surface area contributed by atoms with Gasteiger partial charge in [0.25, 0.3) is 5.91 Å². The summed E-state index contributed by atoms with van der Waals surface area (Å²) in [6.07, 6.45) is 2.86. The van der Waals surface area contributed by atoms with E-state index in [4.69, 9.17) is 9.47 Å². The van der Waals surface area contributed by atoms with Crippen molar-refractivity contribution in [3.8, 4) is 11.5 Å². The van der Waals surface area contributed by atoms with Crippen LogP contribution in [0.4, 0.5) is 5.69 Å². The molecular formula is C22H25BrN2O3S. The number of aryl methyl sites for hydroxylation is 1. The van der Waals surface area contributed by atoms with Crippen LogP contribution in [-0.2, 0) is 11.2 Å². The van der Waals surface area contributed by atoms with Crippen molar-refractivity contribution in [2.45, 2.75) is 32.7 Å². The summed E-state index contributed by atoms with van der Waals surface area (Å²) >= 11 is 4.99. The lowest BCUT2D eigenvalue weighted by atomic mass is 10.1. The molecule has 0 spiro atoms. The smallest absolute Gasteiger partial charge is 0.260 e. The molecule has 1 heterocycles. The first-order valence-corrected chi connectivity index (χ1v) is 11.3. The van der Waals surface area contributed by atoms with Gasteiger partial charge in [0, 0.05) is 17.3 Å². The number of amides is 1. The fourth-order valence-corrected chi connectivity index (χ4v) is 4.36. The minimum atomic E-state index is -0.220. The van der Waals surface area contributed by atoms with Crippen LogP contribution in [0.3, 0.4) is 0 Å². The Morgan fingerprint density at radius 2 is 1.79 bits per heavy atom. The second-order valence-electron chi connectivity index (χ2n) is 6.36. The van der Waals surface area contributed by atoms with Crippen LogP contribution in [0.25, 0.3) is 6.08 Å². The van der Waals surface area contributed by atoms with Gasteiger partial charge >= 0.3 is 0 Å². The monoisotopic (exact) mass is 476 g/mol. The molecule has 0 aromatic heterocycles. The maximum atomic E-state index is 12.5. The van der Waals surface area contributed by atoms with Gasteiger partial charge in [-0.15, -0.1) is 0 Å². The van der Waals surface area contributed by atoms with Gasteiger partial charge in [-0.1, -0.05) is 30.8 Å². The lowest BCUT2D eigenvalue weighted by Crippen LogP contribution is -2.30. The highest BCUT2D eigenvalue weighted by Gasteiger charge is 2.27. The highest BCUT2D eigenvalue weighted by Crippen LogP contribution is 2.37. The number of benzene rings is 2. The van der Waals surface area contributed by atoms with Crippen LogP contribution >= 0.6 is 27.7 Å². The zero-order valence-corrected chi connectivity index (χ0v) is 19.2. The molecule has 1 aliphatic heterocycles. The van der Waals surface area contributed by atoms with E-state index < -0.39 is 0 Å². The second-order valence-corrected chi connectivity index (χ2v) is 8.36. The molecule has 2 N–H and O–H groups in total. The summed E-state index contributed by atoms with van der Waals surface area (Å²) in [5.74, 6) is 1.30. The van der Waals surface area contributed by atoms with Crippen LogP contribution in [0.2, 0.25) is 0 Å². The first-order valence-electron chi connectivity index (χ1n) is 9.67. The predicted molar refractivity (Wildman–Crippen MR) is 123 cm³/mol. The van der Waals surface area contributed by atoms with Gasteiger partial charge in [0.05, 0.1) is 22.6 Å². The summed E-state index contributed by atoms with van der Waals surface area (Å²) in [7, 11) is 0. The van der Waals surface area contributed by atoms with Crippen LogP contribution in [0.15, 0.2) is 45.8 Å². The summed E-state index contributed by atoms with van der Waals surface area (Å²) in [5.41, 5.74) is 2.86. The number of anilines is 1. The Morgan fingerprint density at radius 1 is 1.10 bits per heavy atom. The van der Waals surface area contributed by atoms with Gasteiger partial charge in [-0.3, -0.25) is 4.79 Å². The minimum Gasteiger partial charge on any atom is -0.493 e. The molecule has 1 aliphatic rings. The average Bonchev–Trinajstić information content (AvgIpc) is 3.05. The molecule has 0 unspecified atom stereocenters.